The predicted octanol–water partition coefficient (Wildman–Crippen LogP) is 3.87. The molecule has 3 rings (SSSR count). The molecule has 0 aliphatic carbocycles. The van der Waals surface area contributed by atoms with Crippen molar-refractivity contribution in [2.75, 3.05) is 5.32 Å². The molecule has 1 heterocycles. The average molecular weight is 287 g/mol. The molecule has 108 valence electrons. The van der Waals surface area contributed by atoms with E-state index >= 15 is 0 Å². The molecule has 0 bridgehead atoms. The van der Waals surface area contributed by atoms with E-state index in [1.54, 1.807) is 6.33 Å². The zero-order valence-corrected chi connectivity index (χ0v) is 12.5. The highest BCUT2D eigenvalue weighted by Gasteiger charge is 2.05. The molecule has 0 aliphatic heterocycles. The van der Waals surface area contributed by atoms with Gasteiger partial charge in [0, 0.05) is 23.4 Å². The third-order valence-corrected chi connectivity index (χ3v) is 3.34. The summed E-state index contributed by atoms with van der Waals surface area (Å²) >= 11 is 0. The lowest BCUT2D eigenvalue weighted by Crippen LogP contribution is -2.15. The number of anilines is 1. The smallest absolute Gasteiger partial charge is 0.137 e. The number of aromatic nitrogens is 2. The topological polar surface area (TPSA) is 37.8 Å². The van der Waals surface area contributed by atoms with Crippen molar-refractivity contribution in [3.05, 3.63) is 66.5 Å². The van der Waals surface area contributed by atoms with Gasteiger partial charge in [-0.15, -0.1) is 0 Å². The molecular formula is C19H17N3. The first kappa shape index (κ1) is 14.1. The van der Waals surface area contributed by atoms with Crippen molar-refractivity contribution < 1.29 is 0 Å². The second-order valence-electron chi connectivity index (χ2n) is 5.16. The van der Waals surface area contributed by atoms with Crippen molar-refractivity contribution >= 4 is 16.7 Å². The zero-order chi connectivity index (χ0) is 15.2. The van der Waals surface area contributed by atoms with Crippen molar-refractivity contribution in [3.8, 4) is 11.8 Å². The molecule has 0 amide bonds. The van der Waals surface area contributed by atoms with Gasteiger partial charge in [0.1, 0.15) is 12.1 Å². The molecule has 0 saturated heterocycles. The molecule has 0 radical (unpaired) electrons. The Labute approximate surface area is 130 Å². The van der Waals surface area contributed by atoms with Crippen LogP contribution in [0, 0.1) is 11.8 Å². The number of hydrogen-bond acceptors (Lipinski definition) is 3. The maximum absolute atomic E-state index is 4.34. The molecule has 2 aromatic carbocycles. The van der Waals surface area contributed by atoms with Crippen LogP contribution < -0.4 is 5.32 Å². The first-order valence-corrected chi connectivity index (χ1v) is 7.33. The van der Waals surface area contributed by atoms with E-state index in [0.717, 1.165) is 28.7 Å². The quantitative estimate of drug-likeness (QED) is 0.743. The maximum Gasteiger partial charge on any atom is 0.137 e. The summed E-state index contributed by atoms with van der Waals surface area (Å²) in [6.45, 7) is 2.11. The number of nitrogens with zero attached hydrogens (tertiary/aromatic N) is 2. The van der Waals surface area contributed by atoms with Gasteiger partial charge in [0.2, 0.25) is 0 Å². The molecule has 1 unspecified atom stereocenters. The van der Waals surface area contributed by atoms with Crippen molar-refractivity contribution in [1.29, 1.82) is 0 Å². The lowest BCUT2D eigenvalue weighted by atomic mass is 10.2. The zero-order valence-electron chi connectivity index (χ0n) is 12.5. The molecule has 1 aromatic heterocycles. The minimum Gasteiger partial charge on any atom is -0.366 e. The summed E-state index contributed by atoms with van der Waals surface area (Å²) in [7, 11) is 0. The largest absolute Gasteiger partial charge is 0.366 e. The minimum absolute atomic E-state index is 0.217. The van der Waals surface area contributed by atoms with Crippen molar-refractivity contribution in [3.63, 3.8) is 0 Å². The van der Waals surface area contributed by atoms with Gasteiger partial charge in [-0.3, -0.25) is 0 Å². The number of rotatable bonds is 3. The Kier molecular flexibility index (Phi) is 4.31. The van der Waals surface area contributed by atoms with Gasteiger partial charge in [-0.1, -0.05) is 42.2 Å². The molecular weight excluding hydrogens is 270 g/mol. The normalized spacial score (nSPS) is 11.5. The van der Waals surface area contributed by atoms with E-state index in [9.17, 15) is 0 Å². The summed E-state index contributed by atoms with van der Waals surface area (Å²) in [6.07, 6.45) is 2.35. The number of fused-ring (bicyclic) bond motifs is 1. The molecule has 3 aromatic rings. The molecule has 1 N–H and O–H groups in total. The average Bonchev–Trinajstić information content (AvgIpc) is 2.56. The van der Waals surface area contributed by atoms with E-state index in [0.29, 0.717) is 0 Å². The number of nitrogens with one attached hydrogen (secondary N) is 1. The third kappa shape index (κ3) is 3.42. The Morgan fingerprint density at radius 1 is 1.00 bits per heavy atom. The first-order chi connectivity index (χ1) is 10.8. The maximum atomic E-state index is 4.34. The summed E-state index contributed by atoms with van der Waals surface area (Å²) in [5.41, 5.74) is 1.99. The second kappa shape index (κ2) is 6.73. The Balaban J connectivity index is 1.69. The predicted molar refractivity (Wildman–Crippen MR) is 90.6 cm³/mol. The van der Waals surface area contributed by atoms with E-state index in [2.05, 4.69) is 34.0 Å². The highest BCUT2D eigenvalue weighted by atomic mass is 15.0. The van der Waals surface area contributed by atoms with Gasteiger partial charge in [0.15, 0.2) is 0 Å². The van der Waals surface area contributed by atoms with Gasteiger partial charge in [-0.05, 0) is 31.2 Å². The van der Waals surface area contributed by atoms with Gasteiger partial charge >= 0.3 is 0 Å². The van der Waals surface area contributed by atoms with Crippen LogP contribution >= 0.6 is 0 Å². The molecule has 22 heavy (non-hydrogen) atoms. The molecule has 3 heteroatoms. The van der Waals surface area contributed by atoms with Crippen molar-refractivity contribution in [2.24, 2.45) is 0 Å². The third-order valence-electron chi connectivity index (χ3n) is 3.34. The Hall–Kier alpha value is -2.86. The number of hydrogen-bond donors (Lipinski definition) is 1. The van der Waals surface area contributed by atoms with Crippen LogP contribution in [-0.2, 0) is 0 Å². The minimum atomic E-state index is 0.217. The van der Waals surface area contributed by atoms with Crippen molar-refractivity contribution in [2.45, 2.75) is 19.4 Å². The molecule has 0 spiro atoms. The van der Waals surface area contributed by atoms with Crippen LogP contribution in [0.4, 0.5) is 5.82 Å². The highest BCUT2D eigenvalue weighted by Crippen LogP contribution is 2.19. The van der Waals surface area contributed by atoms with E-state index in [-0.39, 0.29) is 6.04 Å². The van der Waals surface area contributed by atoms with Crippen LogP contribution in [-0.4, -0.2) is 16.0 Å². The summed E-state index contributed by atoms with van der Waals surface area (Å²) in [5.74, 6) is 7.25. The molecule has 3 nitrogen and oxygen atoms in total. The second-order valence-corrected chi connectivity index (χ2v) is 5.16. The number of benzene rings is 2. The summed E-state index contributed by atoms with van der Waals surface area (Å²) < 4.78 is 0. The van der Waals surface area contributed by atoms with Crippen LogP contribution in [0.2, 0.25) is 0 Å². The highest BCUT2D eigenvalue weighted by molar-refractivity contribution is 5.88. The standard InChI is InChI=1S/C19H17N3/c1-15(8-7-11-16-9-3-2-4-10-16)22-19-17-12-5-6-13-18(17)20-14-21-19/h2-6,9-10,12-15H,8H2,1H3,(H,20,21,22). The van der Waals surface area contributed by atoms with Gasteiger partial charge in [-0.25, -0.2) is 9.97 Å². The Morgan fingerprint density at radius 2 is 1.77 bits per heavy atom. The van der Waals surface area contributed by atoms with Gasteiger partial charge in [0.25, 0.3) is 0 Å². The monoisotopic (exact) mass is 287 g/mol. The van der Waals surface area contributed by atoms with Crippen LogP contribution in [0.5, 0.6) is 0 Å². The van der Waals surface area contributed by atoms with E-state index in [1.165, 1.54) is 0 Å². The molecule has 0 fully saturated rings. The molecule has 0 saturated carbocycles. The van der Waals surface area contributed by atoms with Gasteiger partial charge < -0.3 is 5.32 Å². The van der Waals surface area contributed by atoms with Crippen LogP contribution in [0.25, 0.3) is 10.9 Å². The Morgan fingerprint density at radius 3 is 2.64 bits per heavy atom. The lowest BCUT2D eigenvalue weighted by Gasteiger charge is -2.13. The van der Waals surface area contributed by atoms with Crippen LogP contribution in [0.3, 0.4) is 0 Å². The number of para-hydroxylation sites is 1. The summed E-state index contributed by atoms with van der Waals surface area (Å²) in [4.78, 5) is 8.61. The van der Waals surface area contributed by atoms with Gasteiger partial charge in [-0.2, -0.15) is 0 Å². The van der Waals surface area contributed by atoms with Crippen LogP contribution in [0.1, 0.15) is 18.9 Å². The fraction of sp³-hybridized carbons (Fsp3) is 0.158. The summed E-state index contributed by atoms with van der Waals surface area (Å²) in [5, 5.41) is 4.45. The van der Waals surface area contributed by atoms with E-state index < -0.39 is 0 Å². The fourth-order valence-corrected chi connectivity index (χ4v) is 2.23. The SMILES string of the molecule is CC(CC#Cc1ccccc1)Nc1ncnc2ccccc12. The lowest BCUT2D eigenvalue weighted by molar-refractivity contribution is 0.822. The fourth-order valence-electron chi connectivity index (χ4n) is 2.23. The Bertz CT molecular complexity index is 811. The summed E-state index contributed by atoms with van der Waals surface area (Å²) in [6, 6.07) is 18.2. The van der Waals surface area contributed by atoms with E-state index in [1.807, 2.05) is 54.6 Å². The van der Waals surface area contributed by atoms with Gasteiger partial charge in [0.05, 0.1) is 5.52 Å². The van der Waals surface area contributed by atoms with Crippen LogP contribution in [0.15, 0.2) is 60.9 Å². The van der Waals surface area contributed by atoms with Crippen molar-refractivity contribution in [1.82, 2.24) is 9.97 Å². The molecule has 0 aliphatic rings. The molecule has 1 atom stereocenters. The first-order valence-electron chi connectivity index (χ1n) is 7.33. The van der Waals surface area contributed by atoms with E-state index in [4.69, 9.17) is 0 Å².